The van der Waals surface area contributed by atoms with Gasteiger partial charge in [-0.3, -0.25) is 0 Å². The maximum absolute atomic E-state index is 5.57. The van der Waals surface area contributed by atoms with Gasteiger partial charge in [-0.2, -0.15) is 0 Å². The van der Waals surface area contributed by atoms with E-state index < -0.39 is 0 Å². The molecule has 0 spiro atoms. The normalized spacial score (nSPS) is 16.6. The first kappa shape index (κ1) is 16.9. The average molecular weight is 272 g/mol. The Bertz CT molecular complexity index is 195. The number of nitrogens with zero attached hydrogens (tertiary/aromatic N) is 1. The lowest BCUT2D eigenvalue weighted by atomic mass is 10.2. The first-order chi connectivity index (χ1) is 9.29. The van der Waals surface area contributed by atoms with Crippen LogP contribution in [0.4, 0.5) is 0 Å². The summed E-state index contributed by atoms with van der Waals surface area (Å²) in [5, 5.41) is 3.41. The lowest BCUT2D eigenvalue weighted by Crippen LogP contribution is -2.24. The zero-order valence-electron chi connectivity index (χ0n) is 12.8. The van der Waals surface area contributed by atoms with Gasteiger partial charge in [-0.15, -0.1) is 0 Å². The Balaban J connectivity index is 1.69. The minimum atomic E-state index is 0.726. The van der Waals surface area contributed by atoms with E-state index in [1.165, 1.54) is 25.9 Å². The standard InChI is InChI=1S/C15H32N2O2/c1-15(2)14-16-6-5-10-18-12-13-19-11-9-17-7-3-4-8-17/h15-16H,3-14H2,1-2H3. The third-order valence-electron chi connectivity index (χ3n) is 3.32. The molecule has 0 atom stereocenters. The Labute approximate surface area is 118 Å². The smallest absolute Gasteiger partial charge is 0.0701 e. The fourth-order valence-corrected chi connectivity index (χ4v) is 2.21. The van der Waals surface area contributed by atoms with Crippen molar-refractivity contribution >= 4 is 0 Å². The van der Waals surface area contributed by atoms with Crippen LogP contribution in [0.25, 0.3) is 0 Å². The maximum atomic E-state index is 5.57. The summed E-state index contributed by atoms with van der Waals surface area (Å²) in [5.74, 6) is 0.727. The first-order valence-corrected chi connectivity index (χ1v) is 7.87. The third-order valence-corrected chi connectivity index (χ3v) is 3.32. The van der Waals surface area contributed by atoms with Gasteiger partial charge >= 0.3 is 0 Å². The van der Waals surface area contributed by atoms with Gasteiger partial charge in [0.15, 0.2) is 0 Å². The summed E-state index contributed by atoms with van der Waals surface area (Å²) < 4.78 is 11.1. The van der Waals surface area contributed by atoms with Crippen LogP contribution in [0.2, 0.25) is 0 Å². The van der Waals surface area contributed by atoms with Crippen molar-refractivity contribution in [1.82, 2.24) is 10.2 Å². The van der Waals surface area contributed by atoms with Crippen LogP contribution >= 0.6 is 0 Å². The van der Waals surface area contributed by atoms with Gasteiger partial charge in [0.25, 0.3) is 0 Å². The molecule has 0 amide bonds. The second-order valence-corrected chi connectivity index (χ2v) is 5.73. The molecule has 4 heteroatoms. The van der Waals surface area contributed by atoms with Crippen molar-refractivity contribution in [2.45, 2.75) is 33.1 Å². The van der Waals surface area contributed by atoms with Crippen LogP contribution in [0.5, 0.6) is 0 Å². The van der Waals surface area contributed by atoms with Crippen LogP contribution in [0, 0.1) is 5.92 Å². The van der Waals surface area contributed by atoms with Crippen molar-refractivity contribution in [3.05, 3.63) is 0 Å². The molecule has 1 saturated heterocycles. The monoisotopic (exact) mass is 272 g/mol. The fourth-order valence-electron chi connectivity index (χ4n) is 2.21. The maximum Gasteiger partial charge on any atom is 0.0701 e. The molecule has 0 unspecified atom stereocenters. The molecule has 19 heavy (non-hydrogen) atoms. The molecule has 1 N–H and O–H groups in total. The number of hydrogen-bond acceptors (Lipinski definition) is 4. The van der Waals surface area contributed by atoms with Gasteiger partial charge in [0.2, 0.25) is 0 Å². The molecule has 4 nitrogen and oxygen atoms in total. The molecule has 114 valence electrons. The van der Waals surface area contributed by atoms with E-state index in [4.69, 9.17) is 9.47 Å². The van der Waals surface area contributed by atoms with E-state index in [1.54, 1.807) is 0 Å². The Hall–Kier alpha value is -0.160. The van der Waals surface area contributed by atoms with E-state index in [9.17, 15) is 0 Å². The lowest BCUT2D eigenvalue weighted by Gasteiger charge is -2.14. The summed E-state index contributed by atoms with van der Waals surface area (Å²) >= 11 is 0. The molecule has 0 aromatic carbocycles. The summed E-state index contributed by atoms with van der Waals surface area (Å²) in [6, 6.07) is 0. The highest BCUT2D eigenvalue weighted by molar-refractivity contribution is 4.65. The predicted molar refractivity (Wildman–Crippen MR) is 79.6 cm³/mol. The third kappa shape index (κ3) is 10.3. The molecule has 0 aromatic heterocycles. The average Bonchev–Trinajstić information content (AvgIpc) is 2.88. The van der Waals surface area contributed by atoms with Crippen LogP contribution < -0.4 is 5.32 Å². The minimum absolute atomic E-state index is 0.726. The van der Waals surface area contributed by atoms with Gasteiger partial charge in [-0.05, 0) is 51.4 Å². The topological polar surface area (TPSA) is 33.7 Å². The van der Waals surface area contributed by atoms with Crippen molar-refractivity contribution in [2.75, 3.05) is 59.2 Å². The van der Waals surface area contributed by atoms with Crippen LogP contribution in [-0.4, -0.2) is 64.1 Å². The number of nitrogens with one attached hydrogen (secondary N) is 1. The molecule has 1 aliphatic rings. The van der Waals surface area contributed by atoms with Crippen molar-refractivity contribution in [1.29, 1.82) is 0 Å². The molecule has 1 aliphatic heterocycles. The quantitative estimate of drug-likeness (QED) is 0.549. The molecule has 0 aromatic rings. The van der Waals surface area contributed by atoms with E-state index in [1.807, 2.05) is 0 Å². The van der Waals surface area contributed by atoms with E-state index >= 15 is 0 Å². The van der Waals surface area contributed by atoms with Crippen LogP contribution in [0.3, 0.4) is 0 Å². The molecule has 0 bridgehead atoms. The van der Waals surface area contributed by atoms with Crippen molar-refractivity contribution in [3.63, 3.8) is 0 Å². The second-order valence-electron chi connectivity index (χ2n) is 5.73. The Morgan fingerprint density at radius 2 is 1.68 bits per heavy atom. The van der Waals surface area contributed by atoms with Gasteiger partial charge in [0.05, 0.1) is 19.8 Å². The minimum Gasteiger partial charge on any atom is -0.379 e. The second kappa shape index (κ2) is 11.6. The highest BCUT2D eigenvalue weighted by Gasteiger charge is 2.09. The summed E-state index contributed by atoms with van der Waals surface area (Å²) in [4.78, 5) is 2.47. The van der Waals surface area contributed by atoms with Gasteiger partial charge in [0.1, 0.15) is 0 Å². The number of ether oxygens (including phenoxy) is 2. The van der Waals surface area contributed by atoms with Crippen LogP contribution in [0.1, 0.15) is 33.1 Å². The zero-order valence-corrected chi connectivity index (χ0v) is 12.8. The Kier molecular flexibility index (Phi) is 10.4. The summed E-state index contributed by atoms with van der Waals surface area (Å²) in [5.41, 5.74) is 0. The largest absolute Gasteiger partial charge is 0.379 e. The number of hydrogen-bond donors (Lipinski definition) is 1. The molecule has 0 radical (unpaired) electrons. The van der Waals surface area contributed by atoms with E-state index in [2.05, 4.69) is 24.1 Å². The molecular formula is C15H32N2O2. The number of likely N-dealkylation sites (tertiary alicyclic amines) is 1. The summed E-state index contributed by atoms with van der Waals surface area (Å²) in [6.07, 6.45) is 3.79. The molecular weight excluding hydrogens is 240 g/mol. The fraction of sp³-hybridized carbons (Fsp3) is 1.00. The lowest BCUT2D eigenvalue weighted by molar-refractivity contribution is 0.0400. The van der Waals surface area contributed by atoms with E-state index in [0.29, 0.717) is 0 Å². The summed E-state index contributed by atoms with van der Waals surface area (Å²) in [6.45, 7) is 13.3. The Morgan fingerprint density at radius 3 is 2.37 bits per heavy atom. The Morgan fingerprint density at radius 1 is 1.00 bits per heavy atom. The molecule has 0 saturated carbocycles. The zero-order chi connectivity index (χ0) is 13.8. The van der Waals surface area contributed by atoms with Gasteiger partial charge in [0, 0.05) is 13.2 Å². The molecule has 0 aliphatic carbocycles. The van der Waals surface area contributed by atoms with Crippen LogP contribution in [0.15, 0.2) is 0 Å². The molecule has 1 fully saturated rings. The number of rotatable bonds is 12. The first-order valence-electron chi connectivity index (χ1n) is 7.87. The van der Waals surface area contributed by atoms with Gasteiger partial charge in [-0.1, -0.05) is 13.8 Å². The van der Waals surface area contributed by atoms with Crippen molar-refractivity contribution < 1.29 is 9.47 Å². The van der Waals surface area contributed by atoms with Crippen LogP contribution in [-0.2, 0) is 9.47 Å². The van der Waals surface area contributed by atoms with Gasteiger partial charge < -0.3 is 19.7 Å². The highest BCUT2D eigenvalue weighted by Crippen LogP contribution is 2.05. The SMILES string of the molecule is CC(C)CNCCCOCCOCCN1CCCC1. The van der Waals surface area contributed by atoms with E-state index in [-0.39, 0.29) is 0 Å². The highest BCUT2D eigenvalue weighted by atomic mass is 16.5. The van der Waals surface area contributed by atoms with Gasteiger partial charge in [-0.25, -0.2) is 0 Å². The van der Waals surface area contributed by atoms with Crippen molar-refractivity contribution in [2.24, 2.45) is 5.92 Å². The van der Waals surface area contributed by atoms with E-state index in [0.717, 1.165) is 58.4 Å². The predicted octanol–water partition coefficient (Wildman–Crippen LogP) is 1.75. The molecule has 1 heterocycles. The summed E-state index contributed by atoms with van der Waals surface area (Å²) in [7, 11) is 0. The van der Waals surface area contributed by atoms with Crippen molar-refractivity contribution in [3.8, 4) is 0 Å². The molecule has 1 rings (SSSR count).